The molecule has 2 atom stereocenters. The predicted octanol–water partition coefficient (Wildman–Crippen LogP) is 4.88. The zero-order valence-corrected chi connectivity index (χ0v) is 23.4. The minimum atomic E-state index is -0.933. The molecule has 3 aromatic carbocycles. The van der Waals surface area contributed by atoms with E-state index < -0.39 is 18.1 Å². The molecule has 1 aliphatic heterocycles. The number of rotatable bonds is 10. The number of piperidine rings is 1. The smallest absolute Gasteiger partial charge is 0.407 e. The standard InChI is InChI=1S/C33H37N3O5/c1-35(20-23-11-3-2-4-12-23)21-30(32(39)36-18-10-9-13-24(36)19-31(37)38)34-33(40)41-22-29-27-16-7-5-14-25(27)26-15-6-8-17-28(26)29/h2-8,11-12,14-17,24,29-30H,9-10,13,18-22H2,1H3,(H,34,40)(H,37,38)/t24-,30?/m1/s1. The number of ether oxygens (including phenoxy) is 1. The van der Waals surface area contributed by atoms with Crippen molar-refractivity contribution < 1.29 is 24.2 Å². The number of hydrogen-bond donors (Lipinski definition) is 2. The highest BCUT2D eigenvalue weighted by atomic mass is 16.5. The molecule has 5 rings (SSSR count). The van der Waals surface area contributed by atoms with Crippen LogP contribution in [0.5, 0.6) is 0 Å². The zero-order valence-electron chi connectivity index (χ0n) is 23.4. The number of aliphatic carboxylic acids is 1. The van der Waals surface area contributed by atoms with Crippen molar-refractivity contribution in [1.29, 1.82) is 0 Å². The molecule has 8 heteroatoms. The van der Waals surface area contributed by atoms with Crippen molar-refractivity contribution in [1.82, 2.24) is 15.1 Å². The summed E-state index contributed by atoms with van der Waals surface area (Å²) >= 11 is 0. The highest BCUT2D eigenvalue weighted by Crippen LogP contribution is 2.44. The number of benzene rings is 3. The number of carboxylic acids is 1. The Balaban J connectivity index is 1.30. The van der Waals surface area contributed by atoms with Crippen molar-refractivity contribution in [3.8, 4) is 11.1 Å². The van der Waals surface area contributed by atoms with Crippen LogP contribution < -0.4 is 5.32 Å². The van der Waals surface area contributed by atoms with Crippen LogP contribution in [-0.2, 0) is 20.9 Å². The van der Waals surface area contributed by atoms with Gasteiger partial charge in [0, 0.05) is 31.6 Å². The molecular formula is C33H37N3O5. The second-order valence-electron chi connectivity index (χ2n) is 11.0. The molecule has 0 radical (unpaired) electrons. The molecule has 1 heterocycles. The Bertz CT molecular complexity index is 1330. The van der Waals surface area contributed by atoms with Crippen molar-refractivity contribution >= 4 is 18.0 Å². The molecule has 2 aliphatic rings. The molecule has 2 N–H and O–H groups in total. The number of amides is 2. The second-order valence-corrected chi connectivity index (χ2v) is 11.0. The van der Waals surface area contributed by atoms with E-state index in [0.717, 1.165) is 40.7 Å². The SMILES string of the molecule is CN(Cc1ccccc1)CC(NC(=O)OCC1c2ccccc2-c2ccccc21)C(=O)N1CCCC[C@@H]1CC(=O)O. The fraction of sp³-hybridized carbons (Fsp3) is 0.364. The summed E-state index contributed by atoms with van der Waals surface area (Å²) in [5.74, 6) is -1.30. The number of fused-ring (bicyclic) bond motifs is 3. The van der Waals surface area contributed by atoms with E-state index in [4.69, 9.17) is 4.74 Å². The van der Waals surface area contributed by atoms with Crippen molar-refractivity contribution in [2.24, 2.45) is 0 Å². The van der Waals surface area contributed by atoms with Gasteiger partial charge in [-0.3, -0.25) is 14.5 Å². The fourth-order valence-corrected chi connectivity index (χ4v) is 6.14. The van der Waals surface area contributed by atoms with Gasteiger partial charge in [0.1, 0.15) is 12.6 Å². The van der Waals surface area contributed by atoms with Gasteiger partial charge in [0.05, 0.1) is 6.42 Å². The van der Waals surface area contributed by atoms with E-state index in [1.54, 1.807) is 4.90 Å². The summed E-state index contributed by atoms with van der Waals surface area (Å²) in [7, 11) is 1.90. The van der Waals surface area contributed by atoms with Gasteiger partial charge in [-0.05, 0) is 54.1 Å². The first kappa shape index (κ1) is 28.4. The van der Waals surface area contributed by atoms with Gasteiger partial charge in [-0.1, -0.05) is 78.9 Å². The molecule has 3 aromatic rings. The molecule has 214 valence electrons. The lowest BCUT2D eigenvalue weighted by molar-refractivity contribution is -0.143. The van der Waals surface area contributed by atoms with E-state index in [1.807, 2.05) is 66.5 Å². The van der Waals surface area contributed by atoms with E-state index in [-0.39, 0.29) is 37.4 Å². The third-order valence-corrected chi connectivity index (χ3v) is 8.04. The summed E-state index contributed by atoms with van der Waals surface area (Å²) in [6.07, 6.45) is 1.54. The number of alkyl carbamates (subject to hydrolysis) is 1. The zero-order chi connectivity index (χ0) is 28.8. The largest absolute Gasteiger partial charge is 0.481 e. The molecule has 41 heavy (non-hydrogen) atoms. The van der Waals surface area contributed by atoms with Crippen LogP contribution in [0.1, 0.15) is 48.3 Å². The first-order valence-electron chi connectivity index (χ1n) is 14.3. The van der Waals surface area contributed by atoms with E-state index >= 15 is 0 Å². The highest BCUT2D eigenvalue weighted by molar-refractivity contribution is 5.87. The minimum absolute atomic E-state index is 0.0925. The van der Waals surface area contributed by atoms with Crippen LogP contribution in [-0.4, -0.2) is 71.7 Å². The van der Waals surface area contributed by atoms with Gasteiger partial charge in [0.15, 0.2) is 0 Å². The van der Waals surface area contributed by atoms with Crippen LogP contribution in [0.25, 0.3) is 11.1 Å². The van der Waals surface area contributed by atoms with Crippen molar-refractivity contribution in [3.63, 3.8) is 0 Å². The molecule has 0 bridgehead atoms. The molecule has 1 saturated heterocycles. The normalized spacial score (nSPS) is 17.0. The van der Waals surface area contributed by atoms with Crippen LogP contribution in [0.4, 0.5) is 4.79 Å². The minimum Gasteiger partial charge on any atom is -0.481 e. The average Bonchev–Trinajstić information content (AvgIpc) is 3.29. The monoisotopic (exact) mass is 555 g/mol. The predicted molar refractivity (Wildman–Crippen MR) is 156 cm³/mol. The maximum atomic E-state index is 13.8. The van der Waals surface area contributed by atoms with Crippen LogP contribution in [0, 0.1) is 0 Å². The van der Waals surface area contributed by atoms with Gasteiger partial charge < -0.3 is 20.1 Å². The molecule has 8 nitrogen and oxygen atoms in total. The molecule has 1 fully saturated rings. The Kier molecular flexibility index (Phi) is 8.99. The summed E-state index contributed by atoms with van der Waals surface area (Å²) < 4.78 is 5.77. The van der Waals surface area contributed by atoms with Crippen molar-refractivity contribution in [3.05, 3.63) is 95.6 Å². The fourth-order valence-electron chi connectivity index (χ4n) is 6.14. The van der Waals surface area contributed by atoms with E-state index in [9.17, 15) is 19.5 Å². The maximum absolute atomic E-state index is 13.8. The number of carboxylic acid groups (broad SMARTS) is 1. The Morgan fingerprint density at radius 3 is 2.24 bits per heavy atom. The second kappa shape index (κ2) is 13.0. The first-order valence-corrected chi connectivity index (χ1v) is 14.3. The lowest BCUT2D eigenvalue weighted by atomic mass is 9.98. The van der Waals surface area contributed by atoms with E-state index in [0.29, 0.717) is 19.5 Å². The van der Waals surface area contributed by atoms with Gasteiger partial charge in [-0.25, -0.2) is 4.79 Å². The van der Waals surface area contributed by atoms with Crippen LogP contribution in [0.2, 0.25) is 0 Å². The lowest BCUT2D eigenvalue weighted by Gasteiger charge is -2.38. The Morgan fingerprint density at radius 2 is 1.59 bits per heavy atom. The van der Waals surface area contributed by atoms with Crippen LogP contribution >= 0.6 is 0 Å². The van der Waals surface area contributed by atoms with Crippen molar-refractivity contribution in [2.75, 3.05) is 26.7 Å². The maximum Gasteiger partial charge on any atom is 0.407 e. The van der Waals surface area contributed by atoms with E-state index in [2.05, 4.69) is 29.6 Å². The van der Waals surface area contributed by atoms with Crippen LogP contribution in [0.15, 0.2) is 78.9 Å². The van der Waals surface area contributed by atoms with Crippen LogP contribution in [0.3, 0.4) is 0 Å². The van der Waals surface area contributed by atoms with Gasteiger partial charge in [-0.2, -0.15) is 0 Å². The molecule has 1 unspecified atom stereocenters. The molecule has 0 aromatic heterocycles. The summed E-state index contributed by atoms with van der Waals surface area (Å²) in [5.41, 5.74) is 5.59. The van der Waals surface area contributed by atoms with Crippen molar-refractivity contribution in [2.45, 2.75) is 50.2 Å². The summed E-state index contributed by atoms with van der Waals surface area (Å²) in [6.45, 7) is 1.47. The number of carbonyl (C=O) groups excluding carboxylic acids is 2. The number of carbonyl (C=O) groups is 3. The van der Waals surface area contributed by atoms with E-state index in [1.165, 1.54) is 0 Å². The molecule has 0 saturated carbocycles. The highest BCUT2D eigenvalue weighted by Gasteiger charge is 2.35. The number of likely N-dealkylation sites (tertiary alicyclic amines) is 1. The average molecular weight is 556 g/mol. The Hall–Kier alpha value is -4.17. The number of nitrogens with one attached hydrogen (secondary N) is 1. The topological polar surface area (TPSA) is 99.2 Å². The third kappa shape index (κ3) is 6.77. The van der Waals surface area contributed by atoms with Gasteiger partial charge in [-0.15, -0.1) is 0 Å². The van der Waals surface area contributed by atoms with Gasteiger partial charge in [0.2, 0.25) is 5.91 Å². The molecule has 2 amide bonds. The third-order valence-electron chi connectivity index (χ3n) is 8.04. The summed E-state index contributed by atoms with van der Waals surface area (Å²) in [5, 5.41) is 12.3. The number of hydrogen-bond acceptors (Lipinski definition) is 5. The summed E-state index contributed by atoms with van der Waals surface area (Å²) in [4.78, 5) is 42.2. The van der Waals surface area contributed by atoms with Gasteiger partial charge >= 0.3 is 12.1 Å². The molecular weight excluding hydrogens is 518 g/mol. The number of likely N-dealkylation sites (N-methyl/N-ethyl adjacent to an activating group) is 1. The van der Waals surface area contributed by atoms with Gasteiger partial charge in [0.25, 0.3) is 0 Å². The molecule has 0 spiro atoms. The lowest BCUT2D eigenvalue weighted by Crippen LogP contribution is -2.57. The molecule has 1 aliphatic carbocycles. The summed E-state index contributed by atoms with van der Waals surface area (Å²) in [6, 6.07) is 24.9. The Labute approximate surface area is 240 Å². The number of nitrogens with zero attached hydrogens (tertiary/aromatic N) is 2. The Morgan fingerprint density at radius 1 is 0.951 bits per heavy atom. The first-order chi connectivity index (χ1) is 19.9. The quantitative estimate of drug-likeness (QED) is 0.370.